The molecular weight excluding hydrogens is 496 g/mol. The molecule has 0 bridgehead atoms. The largest absolute Gasteiger partial charge is 0.459 e. The summed E-state index contributed by atoms with van der Waals surface area (Å²) in [5.74, 6) is -2.12. The van der Waals surface area contributed by atoms with Gasteiger partial charge in [-0.1, -0.05) is 30.3 Å². The van der Waals surface area contributed by atoms with E-state index in [9.17, 15) is 24.0 Å². The molecule has 38 heavy (non-hydrogen) atoms. The molecule has 1 heterocycles. The van der Waals surface area contributed by atoms with Crippen molar-refractivity contribution in [1.82, 2.24) is 20.7 Å². The Kier molecular flexibility index (Phi) is 9.85. The van der Waals surface area contributed by atoms with E-state index in [1.54, 1.807) is 65.8 Å². The van der Waals surface area contributed by atoms with Crippen molar-refractivity contribution in [3.05, 3.63) is 35.9 Å². The van der Waals surface area contributed by atoms with Crippen molar-refractivity contribution in [1.29, 1.82) is 0 Å². The summed E-state index contributed by atoms with van der Waals surface area (Å²) in [5, 5.41) is 3.59. The number of amides is 3. The predicted octanol–water partition coefficient (Wildman–Crippen LogP) is 2.17. The predicted molar refractivity (Wildman–Crippen MR) is 137 cm³/mol. The number of nitrogens with one attached hydrogen (secondary N) is 2. The van der Waals surface area contributed by atoms with E-state index in [0.29, 0.717) is 0 Å². The first kappa shape index (κ1) is 30.6. The number of hydrazine groups is 1. The van der Waals surface area contributed by atoms with Crippen LogP contribution in [-0.2, 0) is 35.2 Å². The van der Waals surface area contributed by atoms with Crippen molar-refractivity contribution in [3.63, 3.8) is 0 Å². The van der Waals surface area contributed by atoms with Gasteiger partial charge in [-0.3, -0.25) is 19.8 Å². The number of piperazine rings is 1. The standard InChI is InChI=1S/C26H38N4O8/c1-18(31)26(17-27-22(34)38-25(5,6)7)21(33)29(15-20(32)37-24(2,3)4)13-14-30(26)28-23(35)36-16-19-11-9-8-10-12-19/h8-12H,13-17H2,1-7H3,(H,27,34)(H,28,35)/t26-/m0/s1. The number of ketones is 1. The molecule has 12 heteroatoms. The summed E-state index contributed by atoms with van der Waals surface area (Å²) < 4.78 is 15.8. The van der Waals surface area contributed by atoms with Gasteiger partial charge >= 0.3 is 18.2 Å². The van der Waals surface area contributed by atoms with Gasteiger partial charge in [0.15, 0.2) is 11.3 Å². The number of esters is 1. The van der Waals surface area contributed by atoms with E-state index in [1.165, 1.54) is 4.90 Å². The fraction of sp³-hybridized carbons (Fsp3) is 0.577. The Labute approximate surface area is 222 Å². The average Bonchev–Trinajstić information content (AvgIpc) is 2.77. The van der Waals surface area contributed by atoms with Gasteiger partial charge in [-0.15, -0.1) is 0 Å². The average molecular weight is 535 g/mol. The number of benzene rings is 1. The first-order valence-electron chi connectivity index (χ1n) is 12.3. The van der Waals surface area contributed by atoms with Gasteiger partial charge < -0.3 is 24.4 Å². The highest BCUT2D eigenvalue weighted by atomic mass is 16.6. The maximum atomic E-state index is 13.7. The van der Waals surface area contributed by atoms with E-state index in [4.69, 9.17) is 14.2 Å². The zero-order valence-electron chi connectivity index (χ0n) is 23.1. The lowest BCUT2D eigenvalue weighted by Gasteiger charge is -2.47. The molecule has 1 fully saturated rings. The number of nitrogens with zero attached hydrogens (tertiary/aromatic N) is 2. The second kappa shape index (κ2) is 12.2. The molecule has 1 aliphatic rings. The number of hydrogen-bond donors (Lipinski definition) is 2. The quantitative estimate of drug-likeness (QED) is 0.291. The van der Waals surface area contributed by atoms with Crippen LogP contribution >= 0.6 is 0 Å². The molecule has 0 spiro atoms. The van der Waals surface area contributed by atoms with E-state index in [2.05, 4.69) is 10.7 Å². The first-order chi connectivity index (χ1) is 17.5. The van der Waals surface area contributed by atoms with Crippen LogP contribution < -0.4 is 10.7 Å². The SMILES string of the molecule is CC(=O)[C@@]1(CNC(=O)OC(C)(C)C)C(=O)N(CC(=O)OC(C)(C)C)CCN1NC(=O)OCc1ccccc1. The van der Waals surface area contributed by atoms with Crippen LogP contribution in [0.15, 0.2) is 30.3 Å². The maximum Gasteiger partial charge on any atom is 0.422 e. The van der Waals surface area contributed by atoms with Crippen LogP contribution in [0.4, 0.5) is 9.59 Å². The van der Waals surface area contributed by atoms with Gasteiger partial charge in [0.05, 0.1) is 6.54 Å². The van der Waals surface area contributed by atoms with Crippen LogP contribution in [0, 0.1) is 0 Å². The lowest BCUT2D eigenvalue weighted by molar-refractivity contribution is -0.169. The zero-order chi connectivity index (χ0) is 28.7. The summed E-state index contributed by atoms with van der Waals surface area (Å²) in [6.07, 6.45) is -1.76. The highest BCUT2D eigenvalue weighted by molar-refractivity contribution is 6.11. The van der Waals surface area contributed by atoms with Crippen molar-refractivity contribution >= 4 is 29.8 Å². The van der Waals surface area contributed by atoms with Crippen LogP contribution in [0.3, 0.4) is 0 Å². The van der Waals surface area contributed by atoms with Crippen LogP contribution in [0.5, 0.6) is 0 Å². The van der Waals surface area contributed by atoms with Crippen molar-refractivity contribution in [2.75, 3.05) is 26.2 Å². The second-order valence-corrected chi connectivity index (χ2v) is 10.9. The van der Waals surface area contributed by atoms with E-state index in [0.717, 1.165) is 17.5 Å². The minimum absolute atomic E-state index is 0.00148. The van der Waals surface area contributed by atoms with Crippen LogP contribution in [0.2, 0.25) is 0 Å². The molecule has 0 aliphatic carbocycles. The third-order valence-corrected chi connectivity index (χ3v) is 5.34. The van der Waals surface area contributed by atoms with Gasteiger partial charge in [0.2, 0.25) is 0 Å². The highest BCUT2D eigenvalue weighted by Crippen LogP contribution is 2.24. The molecule has 1 aromatic rings. The topological polar surface area (TPSA) is 144 Å². The Morgan fingerprint density at radius 1 is 0.921 bits per heavy atom. The van der Waals surface area contributed by atoms with Crippen LogP contribution in [0.25, 0.3) is 0 Å². The Hall–Kier alpha value is -3.67. The number of hydrogen-bond acceptors (Lipinski definition) is 9. The summed E-state index contributed by atoms with van der Waals surface area (Å²) in [7, 11) is 0. The Bertz CT molecular complexity index is 1030. The van der Waals surface area contributed by atoms with Crippen molar-refractivity contribution in [2.24, 2.45) is 0 Å². The zero-order valence-corrected chi connectivity index (χ0v) is 23.1. The van der Waals surface area contributed by atoms with Gasteiger partial charge in [-0.05, 0) is 54.0 Å². The van der Waals surface area contributed by atoms with Gasteiger partial charge in [0.1, 0.15) is 24.4 Å². The number of rotatable bonds is 8. The van der Waals surface area contributed by atoms with Crippen LogP contribution in [-0.4, -0.2) is 82.7 Å². The number of carbonyl (C=O) groups is 5. The third kappa shape index (κ3) is 8.72. The molecule has 0 aromatic heterocycles. The summed E-state index contributed by atoms with van der Waals surface area (Å²) >= 11 is 0. The Balaban J connectivity index is 2.28. The fourth-order valence-corrected chi connectivity index (χ4v) is 3.74. The Morgan fingerprint density at radius 3 is 2.08 bits per heavy atom. The molecular formula is C26H38N4O8. The lowest BCUT2D eigenvalue weighted by atomic mass is 9.89. The van der Waals surface area contributed by atoms with Gasteiger partial charge in [-0.2, -0.15) is 5.01 Å². The number of ether oxygens (including phenoxy) is 3. The molecule has 1 aliphatic heterocycles. The molecule has 0 unspecified atom stereocenters. The molecule has 3 amide bonds. The molecule has 1 atom stereocenters. The maximum absolute atomic E-state index is 13.7. The second-order valence-electron chi connectivity index (χ2n) is 10.9. The number of Topliss-reactive ketones (excluding diaryl/α,β-unsaturated/α-hetero) is 1. The molecule has 1 aromatic carbocycles. The summed E-state index contributed by atoms with van der Waals surface area (Å²) in [6.45, 7) is 10.2. The lowest BCUT2D eigenvalue weighted by Crippen LogP contribution is -2.76. The molecule has 2 N–H and O–H groups in total. The van der Waals surface area contributed by atoms with Gasteiger partial charge in [0.25, 0.3) is 5.91 Å². The molecule has 0 saturated carbocycles. The fourth-order valence-electron chi connectivity index (χ4n) is 3.74. The van der Waals surface area contributed by atoms with E-state index >= 15 is 0 Å². The van der Waals surface area contributed by atoms with E-state index in [-0.39, 0.29) is 19.7 Å². The summed E-state index contributed by atoms with van der Waals surface area (Å²) in [5.41, 5.74) is -0.457. The van der Waals surface area contributed by atoms with Crippen molar-refractivity contribution in [2.45, 2.75) is 71.8 Å². The van der Waals surface area contributed by atoms with Crippen molar-refractivity contribution < 1.29 is 38.2 Å². The first-order valence-corrected chi connectivity index (χ1v) is 12.3. The molecule has 210 valence electrons. The normalized spacial score (nSPS) is 18.4. The van der Waals surface area contributed by atoms with Crippen LogP contribution in [0.1, 0.15) is 54.0 Å². The highest BCUT2D eigenvalue weighted by Gasteiger charge is 2.55. The van der Waals surface area contributed by atoms with Gasteiger partial charge in [0, 0.05) is 13.1 Å². The molecule has 2 rings (SSSR count). The summed E-state index contributed by atoms with van der Waals surface area (Å²) in [6, 6.07) is 8.96. The monoisotopic (exact) mass is 534 g/mol. The molecule has 0 radical (unpaired) electrons. The van der Waals surface area contributed by atoms with E-state index in [1.807, 2.05) is 6.07 Å². The Morgan fingerprint density at radius 2 is 1.53 bits per heavy atom. The van der Waals surface area contributed by atoms with E-state index < -0.39 is 59.7 Å². The molecule has 1 saturated heterocycles. The third-order valence-electron chi connectivity index (χ3n) is 5.34. The molecule has 12 nitrogen and oxygen atoms in total. The smallest absolute Gasteiger partial charge is 0.422 e. The minimum atomic E-state index is -2.07. The van der Waals surface area contributed by atoms with Crippen molar-refractivity contribution in [3.8, 4) is 0 Å². The summed E-state index contributed by atoms with van der Waals surface area (Å²) in [4.78, 5) is 65.5. The number of alkyl carbamates (subject to hydrolysis) is 1. The minimum Gasteiger partial charge on any atom is -0.459 e. The number of carbonyl (C=O) groups excluding carboxylic acids is 5. The van der Waals surface area contributed by atoms with Gasteiger partial charge in [-0.25, -0.2) is 9.59 Å².